The van der Waals surface area contributed by atoms with Crippen molar-refractivity contribution in [1.29, 1.82) is 0 Å². The van der Waals surface area contributed by atoms with Gasteiger partial charge in [-0.05, 0) is 73.9 Å². The molecule has 1 saturated heterocycles. The predicted molar refractivity (Wildman–Crippen MR) is 371 cm³/mol. The van der Waals surface area contributed by atoms with Crippen LogP contribution in [-0.4, -0.2) is 183 Å². The lowest BCUT2D eigenvalue weighted by Gasteiger charge is -2.65. The molecule has 1 unspecified atom stereocenters. The molecule has 2 saturated carbocycles. The Labute approximate surface area is 599 Å². The average Bonchev–Trinajstić information content (AvgIpc) is 0.678. The van der Waals surface area contributed by atoms with Crippen LogP contribution in [0, 0.1) is 22.7 Å². The van der Waals surface area contributed by atoms with Crippen molar-refractivity contribution in [3.05, 3.63) is 119 Å². The van der Waals surface area contributed by atoms with Gasteiger partial charge in [0.1, 0.15) is 59.4 Å². The van der Waals surface area contributed by atoms with Gasteiger partial charge in [-0.15, -0.1) is 0 Å². The van der Waals surface area contributed by atoms with Crippen LogP contribution >= 0.6 is 21.6 Å². The number of ether oxygens (including phenoxy) is 5. The monoisotopic (exact) mass is 1460 g/mol. The molecular weight excluding hydrogens is 1360 g/mol. The molecular formula is C72H93N7O21S2. The fourth-order valence-corrected chi connectivity index (χ4v) is 17.1. The number of rotatable bonds is 27. The summed E-state index contributed by atoms with van der Waals surface area (Å²) in [5.74, 6) is -14.5. The number of carbonyl (C=O) groups excluding carboxylic acids is 12. The maximum atomic E-state index is 15.9. The maximum absolute atomic E-state index is 15.9. The third-order valence-corrected chi connectivity index (χ3v) is 22.3. The zero-order valence-electron chi connectivity index (χ0n) is 58.6. The highest BCUT2D eigenvalue weighted by molar-refractivity contribution is 8.76. The summed E-state index contributed by atoms with van der Waals surface area (Å²) in [7, 11) is 3.58. The van der Waals surface area contributed by atoms with Crippen molar-refractivity contribution in [2.24, 2.45) is 28.4 Å². The predicted octanol–water partition coefficient (Wildman–Crippen LogP) is 3.72. The van der Waals surface area contributed by atoms with E-state index in [1.807, 2.05) is 0 Å². The molecule has 7 amide bonds. The van der Waals surface area contributed by atoms with Crippen LogP contribution in [0.3, 0.4) is 0 Å². The molecule has 3 aromatic carbocycles. The topological polar surface area (TPSA) is 427 Å². The Morgan fingerprint density at radius 1 is 0.755 bits per heavy atom. The van der Waals surface area contributed by atoms with E-state index in [9.17, 15) is 68.1 Å². The molecule has 1 heterocycles. The van der Waals surface area contributed by atoms with Gasteiger partial charge in [0, 0.05) is 75.9 Å². The van der Waals surface area contributed by atoms with E-state index in [1.54, 1.807) is 120 Å². The fraction of sp³-hybridized carbons (Fsp3) is 0.542. The number of carboxylic acids is 1. The van der Waals surface area contributed by atoms with Gasteiger partial charge < -0.3 is 76.6 Å². The molecule has 7 rings (SSSR count). The van der Waals surface area contributed by atoms with Crippen molar-refractivity contribution in [3.63, 3.8) is 0 Å². The number of aliphatic hydroxyl groups is 2. The minimum absolute atomic E-state index is 0.0395. The van der Waals surface area contributed by atoms with Crippen molar-refractivity contribution < 1.29 is 101 Å². The highest BCUT2D eigenvalue weighted by atomic mass is 33.1. The molecule has 102 heavy (non-hydrogen) atoms. The molecule has 0 aromatic heterocycles. The van der Waals surface area contributed by atoms with Crippen molar-refractivity contribution in [1.82, 2.24) is 31.9 Å². The quantitative estimate of drug-likeness (QED) is 0.0171. The van der Waals surface area contributed by atoms with E-state index in [0.717, 1.165) is 28.5 Å². The summed E-state index contributed by atoms with van der Waals surface area (Å²) in [6, 6.07) is 17.0. The lowest BCUT2D eigenvalue weighted by molar-refractivity contribution is -0.285. The summed E-state index contributed by atoms with van der Waals surface area (Å²) in [6.07, 6.45) is -9.94. The third-order valence-electron chi connectivity index (χ3n) is 19.8. The molecule has 0 radical (unpaired) electrons. The Morgan fingerprint density at radius 2 is 1.36 bits per heavy atom. The van der Waals surface area contributed by atoms with Crippen molar-refractivity contribution in [2.45, 2.75) is 198 Å². The van der Waals surface area contributed by atoms with E-state index < -0.39 is 191 Å². The van der Waals surface area contributed by atoms with Crippen molar-refractivity contribution in [3.8, 4) is 0 Å². The first kappa shape index (κ1) is 80.6. The second kappa shape index (κ2) is 35.5. The van der Waals surface area contributed by atoms with Crippen molar-refractivity contribution in [2.75, 3.05) is 25.2 Å². The fourth-order valence-electron chi connectivity index (χ4n) is 14.8. The number of Topliss-reactive ketones (excluding diaryl/α,β-unsaturated/α-hetero) is 1. The Morgan fingerprint density at radius 3 is 1.97 bits per heavy atom. The van der Waals surface area contributed by atoms with Crippen LogP contribution < -0.4 is 37.6 Å². The van der Waals surface area contributed by atoms with E-state index in [4.69, 9.17) is 29.4 Å². The summed E-state index contributed by atoms with van der Waals surface area (Å²) in [5.41, 5.74) is -0.906. The molecule has 3 aliphatic carbocycles. The molecule has 0 spiro atoms. The molecule has 2 bridgehead atoms. The van der Waals surface area contributed by atoms with Crippen molar-refractivity contribution >= 4 is 98.6 Å². The number of hydrogen-bond donors (Lipinski definition) is 10. The number of unbranched alkanes of at least 4 members (excludes halogenated alkanes) is 1. The van der Waals surface area contributed by atoms with E-state index >= 15 is 9.59 Å². The number of carboxylic acid groups (broad SMARTS) is 1. The molecule has 11 N–H and O–H groups in total. The zero-order chi connectivity index (χ0) is 75.0. The summed E-state index contributed by atoms with van der Waals surface area (Å²) in [5, 5.41) is 51.4. The van der Waals surface area contributed by atoms with Gasteiger partial charge in [-0.25, -0.2) is 9.59 Å². The maximum Gasteiger partial charge on any atom is 0.350 e. The smallest absolute Gasteiger partial charge is 0.350 e. The number of aliphatic hydroxyl groups excluding tert-OH is 1. The van der Waals surface area contributed by atoms with Crippen LogP contribution in [0.2, 0.25) is 0 Å². The number of ketones is 1. The number of hydrogen-bond acceptors (Lipinski definition) is 22. The number of nitrogens with two attached hydrogens (primary N) is 1. The minimum Gasteiger partial charge on any atom is -0.481 e. The number of nitrogens with one attached hydrogen (secondary N) is 6. The van der Waals surface area contributed by atoms with Crippen LogP contribution in [0.4, 0.5) is 0 Å². The van der Waals surface area contributed by atoms with Gasteiger partial charge in [0.15, 0.2) is 0 Å². The van der Waals surface area contributed by atoms with E-state index in [-0.39, 0.29) is 74.9 Å². The zero-order valence-corrected chi connectivity index (χ0v) is 60.2. The van der Waals surface area contributed by atoms with Gasteiger partial charge in [0.2, 0.25) is 47.5 Å². The number of primary amides is 1. The van der Waals surface area contributed by atoms with Gasteiger partial charge in [-0.1, -0.05) is 135 Å². The molecule has 1 aliphatic heterocycles. The standard InChI is InChI=1S/C72H93N7O21S2/c1-10-71(100-42(5)81)51(82)35-52(96-9)70(8)60(71)62(99-67(93)45-27-18-13-19-28-45)72(95)36-50(39(2)57(69(72,6)7)40(3)61(70)88)97-68(94)59(58(75-41(4)80)44-25-16-12-17-26-44)98-56(87)31-22-32-101-102-38-49-66(92)77-46(29-20-21-30-53(73)83)63(89)74-37-54(84)76-48(34-55(85)86)65(91)78-47(64(90)79-49)33-43-23-14-11-15-24-43/h11-19,23-28,40,46-52,58-60,62,82,95H,10,20-22,29-38H2,1-9H3,(H2,73,83)(H,74,89)(H,75,80)(H,76,84)(H,77,92)(H,78,91)(H,79,90)(H,85,86)/t40-,46+,47-,48+,49?,50+,51-,52+,58+,59-,60+,62+,70-,71+,72-/m1/s1. The van der Waals surface area contributed by atoms with Crippen LogP contribution in [0.25, 0.3) is 0 Å². The van der Waals surface area contributed by atoms with Gasteiger partial charge in [-0.3, -0.25) is 52.7 Å². The largest absolute Gasteiger partial charge is 0.481 e. The highest BCUT2D eigenvalue weighted by Crippen LogP contribution is 2.64. The molecule has 28 nitrogen and oxygen atoms in total. The SMILES string of the molecule is CC[C@]1(OC(C)=O)[C@H](O)C[C@H](OC)[C@@]2(C)C(=O)[C@H](C)C3=C(C)[C@@H](OC(=O)[C@H](OC(=O)CCCSSCC4NC(=O)[C@@H](Cc5ccccc5)NC(=O)[C@H](CC(=O)O)NC(=O)CNC(=O)[C@H](CCCCC(N)=O)NC4=O)[C@@H](NC(C)=O)c4ccccc4)C[C@@](O)([C@@H](OC(=O)c4ccccc4)[C@H]12)C3(C)C. The van der Waals surface area contributed by atoms with Crippen LogP contribution in [0.1, 0.15) is 147 Å². The molecule has 3 fully saturated rings. The summed E-state index contributed by atoms with van der Waals surface area (Å²) < 4.78 is 31.4. The number of aliphatic carboxylic acids is 1. The second-order valence-corrected chi connectivity index (χ2v) is 29.5. The van der Waals surface area contributed by atoms with Crippen LogP contribution in [0.15, 0.2) is 102 Å². The lowest BCUT2D eigenvalue weighted by atomic mass is 9.44. The number of methoxy groups -OCH3 is 1. The van der Waals surface area contributed by atoms with Gasteiger partial charge >= 0.3 is 29.8 Å². The number of amides is 7. The third kappa shape index (κ3) is 18.9. The lowest BCUT2D eigenvalue weighted by Crippen LogP contribution is -2.77. The normalized spacial score (nSPS) is 28.1. The average molecular weight is 1460 g/mol. The number of esters is 4. The Balaban J connectivity index is 1.18. The Hall–Kier alpha value is -8.71. The molecule has 3 aromatic rings. The highest BCUT2D eigenvalue weighted by Gasteiger charge is 2.75. The summed E-state index contributed by atoms with van der Waals surface area (Å²) in [6.45, 7) is 11.4. The number of carbonyl (C=O) groups is 13. The van der Waals surface area contributed by atoms with Gasteiger partial charge in [-0.2, -0.15) is 0 Å². The van der Waals surface area contributed by atoms with Crippen LogP contribution in [-0.2, 0) is 87.6 Å². The van der Waals surface area contributed by atoms with Gasteiger partial charge in [0.05, 0.1) is 42.1 Å². The van der Waals surface area contributed by atoms with E-state index in [2.05, 4.69) is 31.9 Å². The Kier molecular flexibility index (Phi) is 28.0. The van der Waals surface area contributed by atoms with Crippen LogP contribution in [0.5, 0.6) is 0 Å². The first-order valence-electron chi connectivity index (χ1n) is 33.9. The van der Waals surface area contributed by atoms with Gasteiger partial charge in [0.25, 0.3) is 0 Å². The first-order chi connectivity index (χ1) is 48.2. The molecule has 15 atom stereocenters. The second-order valence-electron chi connectivity index (χ2n) is 26.9. The van der Waals surface area contributed by atoms with E-state index in [1.165, 1.54) is 26.2 Å². The Bertz CT molecular complexity index is 3620. The molecule has 554 valence electrons. The summed E-state index contributed by atoms with van der Waals surface area (Å²) >= 11 is 0. The number of fused-ring (bicyclic) bond motifs is 3. The minimum atomic E-state index is -2.39. The number of benzene rings is 3. The molecule has 4 aliphatic rings. The first-order valence-corrected chi connectivity index (χ1v) is 36.4. The molecule has 30 heteroatoms. The van der Waals surface area contributed by atoms with E-state index in [0.29, 0.717) is 22.3 Å². The summed E-state index contributed by atoms with van der Waals surface area (Å²) in [4.78, 5) is 180.